The second kappa shape index (κ2) is 7.96. The monoisotopic (exact) mass is 382 g/mol. The van der Waals surface area contributed by atoms with Crippen LogP contribution in [0.5, 0.6) is 0 Å². The highest BCUT2D eigenvalue weighted by molar-refractivity contribution is 6.42. The van der Waals surface area contributed by atoms with Gasteiger partial charge in [-0.25, -0.2) is 4.79 Å². The van der Waals surface area contributed by atoms with E-state index in [1.165, 1.54) is 36.4 Å². The van der Waals surface area contributed by atoms with E-state index < -0.39 is 23.4 Å². The van der Waals surface area contributed by atoms with Gasteiger partial charge in [-0.1, -0.05) is 29.3 Å². The van der Waals surface area contributed by atoms with Crippen LogP contribution in [0.15, 0.2) is 36.4 Å². The number of amides is 1. The zero-order chi connectivity index (χ0) is 18.6. The maximum atomic E-state index is 11.9. The average molecular weight is 383 g/mol. The van der Waals surface area contributed by atoms with Gasteiger partial charge >= 0.3 is 5.97 Å². The molecule has 2 aromatic carbocycles. The third-order valence-corrected chi connectivity index (χ3v) is 3.92. The summed E-state index contributed by atoms with van der Waals surface area (Å²) in [5, 5.41) is 13.8. The lowest BCUT2D eigenvalue weighted by Gasteiger charge is -2.08. The van der Waals surface area contributed by atoms with Crippen molar-refractivity contribution in [3.05, 3.63) is 67.7 Å². The first-order chi connectivity index (χ1) is 11.8. The van der Waals surface area contributed by atoms with Crippen molar-refractivity contribution in [2.24, 2.45) is 0 Å². The van der Waals surface area contributed by atoms with Crippen LogP contribution in [-0.2, 0) is 9.53 Å². The minimum Gasteiger partial charge on any atom is -0.452 e. The molecule has 0 fully saturated rings. The number of nitrogens with one attached hydrogen (secondary N) is 1. The largest absolute Gasteiger partial charge is 0.452 e. The summed E-state index contributed by atoms with van der Waals surface area (Å²) in [6.07, 6.45) is 0. The topological polar surface area (TPSA) is 98.5 Å². The van der Waals surface area contributed by atoms with Crippen LogP contribution in [0.25, 0.3) is 0 Å². The molecule has 0 aliphatic carbocycles. The van der Waals surface area contributed by atoms with Gasteiger partial charge in [-0.2, -0.15) is 0 Å². The van der Waals surface area contributed by atoms with Crippen molar-refractivity contribution in [1.29, 1.82) is 0 Å². The fraction of sp³-hybridized carbons (Fsp3) is 0.125. The van der Waals surface area contributed by atoms with Crippen LogP contribution >= 0.6 is 23.2 Å². The second-order valence-electron chi connectivity index (χ2n) is 5.01. The van der Waals surface area contributed by atoms with Crippen LogP contribution in [0.2, 0.25) is 10.0 Å². The maximum Gasteiger partial charge on any atom is 0.338 e. The van der Waals surface area contributed by atoms with E-state index in [4.69, 9.17) is 27.9 Å². The van der Waals surface area contributed by atoms with Crippen molar-refractivity contribution in [3.63, 3.8) is 0 Å². The number of nitro groups is 1. The molecule has 0 bridgehead atoms. The molecule has 2 rings (SSSR count). The quantitative estimate of drug-likeness (QED) is 0.478. The molecule has 1 N–H and O–H groups in total. The van der Waals surface area contributed by atoms with Gasteiger partial charge in [-0.15, -0.1) is 0 Å². The molecule has 7 nitrogen and oxygen atoms in total. The lowest BCUT2D eigenvalue weighted by atomic mass is 10.2. The summed E-state index contributed by atoms with van der Waals surface area (Å²) in [5.41, 5.74) is 0.723. The highest BCUT2D eigenvalue weighted by Gasteiger charge is 2.14. The predicted molar refractivity (Wildman–Crippen MR) is 93.2 cm³/mol. The van der Waals surface area contributed by atoms with E-state index in [1.54, 1.807) is 6.92 Å². The highest BCUT2D eigenvalue weighted by atomic mass is 35.5. The first kappa shape index (κ1) is 18.7. The minimum absolute atomic E-state index is 0.120. The molecule has 2 aromatic rings. The average Bonchev–Trinajstić information content (AvgIpc) is 2.56. The summed E-state index contributed by atoms with van der Waals surface area (Å²) in [5.74, 6) is -1.38. The predicted octanol–water partition coefficient (Wildman–Crippen LogP) is 4.01. The molecule has 0 radical (unpaired) electrons. The van der Waals surface area contributed by atoms with Gasteiger partial charge in [0, 0.05) is 17.3 Å². The molecule has 1 amide bonds. The molecule has 130 valence electrons. The van der Waals surface area contributed by atoms with Crippen molar-refractivity contribution in [3.8, 4) is 0 Å². The van der Waals surface area contributed by atoms with E-state index in [-0.39, 0.29) is 27.0 Å². The summed E-state index contributed by atoms with van der Waals surface area (Å²) in [6.45, 7) is 1.03. The van der Waals surface area contributed by atoms with E-state index in [2.05, 4.69) is 5.32 Å². The van der Waals surface area contributed by atoms with Gasteiger partial charge in [0.15, 0.2) is 6.61 Å². The van der Waals surface area contributed by atoms with Gasteiger partial charge in [0.2, 0.25) is 0 Å². The third-order valence-electron chi connectivity index (χ3n) is 3.18. The maximum absolute atomic E-state index is 11.9. The number of halogens is 2. The van der Waals surface area contributed by atoms with Crippen molar-refractivity contribution < 1.29 is 19.2 Å². The zero-order valence-electron chi connectivity index (χ0n) is 12.9. The number of ether oxygens (including phenoxy) is 1. The molecule has 0 atom stereocenters. The summed E-state index contributed by atoms with van der Waals surface area (Å²) >= 11 is 11.6. The van der Waals surface area contributed by atoms with E-state index in [0.29, 0.717) is 5.56 Å². The lowest BCUT2D eigenvalue weighted by Crippen LogP contribution is -2.21. The highest BCUT2D eigenvalue weighted by Crippen LogP contribution is 2.23. The van der Waals surface area contributed by atoms with Crippen molar-refractivity contribution in [2.75, 3.05) is 11.9 Å². The molecule has 0 heterocycles. The summed E-state index contributed by atoms with van der Waals surface area (Å²) in [6, 6.07) is 8.43. The van der Waals surface area contributed by atoms with Gasteiger partial charge < -0.3 is 10.1 Å². The normalized spacial score (nSPS) is 10.2. The van der Waals surface area contributed by atoms with E-state index >= 15 is 0 Å². The van der Waals surface area contributed by atoms with E-state index in [0.717, 1.165) is 0 Å². The van der Waals surface area contributed by atoms with Gasteiger partial charge in [0.25, 0.3) is 11.6 Å². The van der Waals surface area contributed by atoms with E-state index in [1.807, 2.05) is 0 Å². The van der Waals surface area contributed by atoms with Crippen LogP contribution in [-0.4, -0.2) is 23.4 Å². The van der Waals surface area contributed by atoms with Crippen molar-refractivity contribution >= 4 is 46.5 Å². The number of aryl methyl sites for hydroxylation is 1. The minimum atomic E-state index is -0.747. The number of carbonyl (C=O) groups excluding carboxylic acids is 2. The fourth-order valence-electron chi connectivity index (χ4n) is 1.92. The number of nitro benzene ring substituents is 1. The number of carbonyl (C=O) groups is 2. The number of nitrogens with zero attached hydrogens (tertiary/aromatic N) is 1. The summed E-state index contributed by atoms with van der Waals surface area (Å²) in [4.78, 5) is 34.0. The Morgan fingerprint density at radius 2 is 1.88 bits per heavy atom. The molecule has 0 saturated carbocycles. The number of hydrogen-bond acceptors (Lipinski definition) is 5. The van der Waals surface area contributed by atoms with Gasteiger partial charge in [0.1, 0.15) is 0 Å². The van der Waals surface area contributed by atoms with Gasteiger partial charge in [-0.05, 0) is 31.2 Å². The fourth-order valence-corrected chi connectivity index (χ4v) is 2.22. The Kier molecular flexibility index (Phi) is 5.95. The number of anilines is 1. The van der Waals surface area contributed by atoms with Crippen molar-refractivity contribution in [1.82, 2.24) is 0 Å². The Balaban J connectivity index is 1.96. The Labute approximate surface area is 152 Å². The summed E-state index contributed by atoms with van der Waals surface area (Å²) in [7, 11) is 0. The lowest BCUT2D eigenvalue weighted by molar-refractivity contribution is -0.385. The molecular formula is C16H12Cl2N2O5. The molecule has 0 aliphatic rings. The Hall–Kier alpha value is -2.64. The summed E-state index contributed by atoms with van der Waals surface area (Å²) < 4.78 is 4.87. The molecule has 0 spiro atoms. The molecular weight excluding hydrogens is 371 g/mol. The second-order valence-corrected chi connectivity index (χ2v) is 5.83. The number of hydrogen-bond donors (Lipinski definition) is 1. The Morgan fingerprint density at radius 3 is 2.52 bits per heavy atom. The van der Waals surface area contributed by atoms with Crippen LogP contribution in [0.1, 0.15) is 15.9 Å². The number of esters is 1. The number of rotatable bonds is 5. The van der Waals surface area contributed by atoms with Crippen LogP contribution < -0.4 is 5.32 Å². The van der Waals surface area contributed by atoms with E-state index in [9.17, 15) is 19.7 Å². The number of benzene rings is 2. The third kappa shape index (κ3) is 4.91. The zero-order valence-corrected chi connectivity index (χ0v) is 14.4. The van der Waals surface area contributed by atoms with Crippen molar-refractivity contribution in [2.45, 2.75) is 6.92 Å². The molecule has 0 aromatic heterocycles. The smallest absolute Gasteiger partial charge is 0.338 e. The molecule has 9 heteroatoms. The Morgan fingerprint density at radius 1 is 1.16 bits per heavy atom. The molecule has 0 aliphatic heterocycles. The van der Waals surface area contributed by atoms with Gasteiger partial charge in [-0.3, -0.25) is 14.9 Å². The van der Waals surface area contributed by atoms with Crippen LogP contribution in [0, 0.1) is 17.0 Å². The first-order valence-electron chi connectivity index (χ1n) is 6.95. The molecule has 0 unspecified atom stereocenters. The first-order valence-corrected chi connectivity index (χ1v) is 7.70. The Bertz CT molecular complexity index is 854. The standard InChI is InChI=1S/C16H12Cl2N2O5/c1-9-2-4-11(7-14(9)20(23)24)19-15(21)8-25-16(22)10-3-5-12(17)13(18)6-10/h2-7H,8H2,1H3,(H,19,21). The van der Waals surface area contributed by atoms with Crippen LogP contribution in [0.3, 0.4) is 0 Å². The SMILES string of the molecule is Cc1ccc(NC(=O)COC(=O)c2ccc(Cl)c(Cl)c2)cc1[N+](=O)[O-]. The molecule has 25 heavy (non-hydrogen) atoms. The van der Waals surface area contributed by atoms with Gasteiger partial charge in [0.05, 0.1) is 20.5 Å². The van der Waals surface area contributed by atoms with Crippen LogP contribution in [0.4, 0.5) is 11.4 Å². The molecule has 0 saturated heterocycles.